The molecule has 31 heavy (non-hydrogen) atoms. The lowest BCUT2D eigenvalue weighted by molar-refractivity contribution is -0.135. The van der Waals surface area contributed by atoms with E-state index in [1.165, 1.54) is 12.1 Å². The third-order valence-electron chi connectivity index (χ3n) is 5.29. The highest BCUT2D eigenvalue weighted by Gasteiger charge is 2.51. The first-order chi connectivity index (χ1) is 14.9. The first kappa shape index (κ1) is 21.0. The molecule has 160 valence electrons. The van der Waals surface area contributed by atoms with E-state index in [4.69, 9.17) is 25.8 Å². The van der Waals surface area contributed by atoms with Gasteiger partial charge in [0, 0.05) is 10.7 Å². The number of rotatable bonds is 6. The lowest BCUT2D eigenvalue weighted by Gasteiger charge is -2.46. The topological polar surface area (TPSA) is 48.0 Å². The minimum Gasteiger partial charge on any atom is -0.493 e. The van der Waals surface area contributed by atoms with Gasteiger partial charge in [0.1, 0.15) is 17.6 Å². The Morgan fingerprint density at radius 2 is 1.58 bits per heavy atom. The summed E-state index contributed by atoms with van der Waals surface area (Å²) in [7, 11) is 3.11. The maximum atomic E-state index is 13.4. The Morgan fingerprint density at radius 3 is 2.23 bits per heavy atom. The second-order valence-electron chi connectivity index (χ2n) is 7.19. The third-order valence-corrected chi connectivity index (χ3v) is 5.53. The van der Waals surface area contributed by atoms with Crippen molar-refractivity contribution in [3.63, 3.8) is 0 Å². The van der Waals surface area contributed by atoms with E-state index in [9.17, 15) is 9.18 Å². The molecule has 3 aromatic carbocycles. The average molecular weight is 442 g/mol. The number of carbonyl (C=O) groups excluding carboxylic acids is 1. The summed E-state index contributed by atoms with van der Waals surface area (Å²) in [6, 6.07) is 16.1. The molecule has 1 aliphatic rings. The van der Waals surface area contributed by atoms with Crippen LogP contribution in [0.3, 0.4) is 0 Å². The normalized spacial score (nSPS) is 17.8. The monoisotopic (exact) mass is 441 g/mol. The lowest BCUT2D eigenvalue weighted by atomic mass is 9.89. The van der Waals surface area contributed by atoms with Gasteiger partial charge >= 0.3 is 0 Å². The van der Waals surface area contributed by atoms with Crippen molar-refractivity contribution in [3.8, 4) is 17.2 Å². The molecule has 0 radical (unpaired) electrons. The Balaban J connectivity index is 1.73. The molecule has 1 heterocycles. The van der Waals surface area contributed by atoms with Gasteiger partial charge < -0.3 is 14.2 Å². The molecule has 0 N–H and O–H groups in total. The molecule has 1 amide bonds. The van der Waals surface area contributed by atoms with Gasteiger partial charge in [-0.05, 0) is 72.6 Å². The van der Waals surface area contributed by atoms with Crippen molar-refractivity contribution in [2.24, 2.45) is 0 Å². The molecule has 1 saturated heterocycles. The van der Waals surface area contributed by atoms with Gasteiger partial charge in [-0.15, -0.1) is 0 Å². The zero-order valence-electron chi connectivity index (χ0n) is 17.3. The summed E-state index contributed by atoms with van der Waals surface area (Å²) in [6.45, 7) is 1.87. The number of hydrogen-bond acceptors (Lipinski definition) is 4. The molecular formula is C24H21ClFNO4. The molecule has 5 nitrogen and oxygen atoms in total. The number of amides is 1. The molecule has 1 aliphatic heterocycles. The van der Waals surface area contributed by atoms with Crippen molar-refractivity contribution in [3.05, 3.63) is 82.6 Å². The Hall–Kier alpha value is -3.25. The number of carbonyl (C=O) groups is 1. The maximum absolute atomic E-state index is 13.4. The predicted octanol–water partition coefficient (Wildman–Crippen LogP) is 5.34. The minimum absolute atomic E-state index is 0.222. The SMILES string of the molecule is COc1ccc(C2C(Oc3ccc(Cl)cc3C)C(=O)N2c2ccc(F)cc2)cc1OC. The number of methoxy groups -OCH3 is 2. The Bertz CT molecular complexity index is 1120. The van der Waals surface area contributed by atoms with Crippen LogP contribution in [0.25, 0.3) is 0 Å². The van der Waals surface area contributed by atoms with Crippen LogP contribution >= 0.6 is 11.6 Å². The quantitative estimate of drug-likeness (QED) is 0.484. The average Bonchev–Trinajstić information content (AvgIpc) is 2.77. The zero-order valence-corrected chi connectivity index (χ0v) is 18.0. The largest absolute Gasteiger partial charge is 0.493 e. The molecule has 0 saturated carbocycles. The fourth-order valence-electron chi connectivity index (χ4n) is 3.71. The van der Waals surface area contributed by atoms with E-state index in [0.29, 0.717) is 28.0 Å². The van der Waals surface area contributed by atoms with Crippen LogP contribution in [0.5, 0.6) is 17.2 Å². The molecule has 4 rings (SSSR count). The van der Waals surface area contributed by atoms with Gasteiger partial charge in [0.05, 0.1) is 14.2 Å². The second kappa shape index (κ2) is 8.47. The van der Waals surface area contributed by atoms with E-state index in [0.717, 1.165) is 11.1 Å². The number of anilines is 1. The highest BCUT2D eigenvalue weighted by molar-refractivity contribution is 6.30. The number of halogens is 2. The van der Waals surface area contributed by atoms with Crippen LogP contribution in [0.4, 0.5) is 10.1 Å². The molecule has 7 heteroatoms. The summed E-state index contributed by atoms with van der Waals surface area (Å²) in [4.78, 5) is 14.7. The van der Waals surface area contributed by atoms with Gasteiger partial charge in [-0.1, -0.05) is 17.7 Å². The number of nitrogens with zero attached hydrogens (tertiary/aromatic N) is 1. The van der Waals surface area contributed by atoms with Gasteiger partial charge in [0.2, 0.25) is 6.10 Å². The number of aryl methyl sites for hydroxylation is 1. The van der Waals surface area contributed by atoms with Gasteiger partial charge in [0.25, 0.3) is 5.91 Å². The van der Waals surface area contributed by atoms with Crippen molar-refractivity contribution >= 4 is 23.2 Å². The van der Waals surface area contributed by atoms with Crippen molar-refractivity contribution < 1.29 is 23.4 Å². The summed E-state index contributed by atoms with van der Waals surface area (Å²) in [5.74, 6) is 1.10. The summed E-state index contributed by atoms with van der Waals surface area (Å²) >= 11 is 6.05. The van der Waals surface area contributed by atoms with Gasteiger partial charge in [-0.2, -0.15) is 0 Å². The fourth-order valence-corrected chi connectivity index (χ4v) is 3.94. The maximum Gasteiger partial charge on any atom is 0.271 e. The predicted molar refractivity (Wildman–Crippen MR) is 117 cm³/mol. The van der Waals surface area contributed by atoms with Gasteiger partial charge in [0.15, 0.2) is 11.5 Å². The first-order valence-electron chi connectivity index (χ1n) is 9.66. The van der Waals surface area contributed by atoms with Crippen LogP contribution in [0, 0.1) is 12.7 Å². The standard InChI is InChI=1S/C24H21ClFNO4/c1-14-12-16(25)5-11-19(14)31-23-22(15-4-10-20(29-2)21(13-15)30-3)27(24(23)28)18-8-6-17(26)7-9-18/h4-13,22-23H,1-3H3. The number of hydrogen-bond donors (Lipinski definition) is 0. The second-order valence-corrected chi connectivity index (χ2v) is 7.63. The molecule has 0 aliphatic carbocycles. The highest BCUT2D eigenvalue weighted by atomic mass is 35.5. The van der Waals surface area contributed by atoms with E-state index in [1.54, 1.807) is 55.5 Å². The summed E-state index contributed by atoms with van der Waals surface area (Å²) in [6.07, 6.45) is -0.761. The van der Waals surface area contributed by atoms with Gasteiger partial charge in [-0.25, -0.2) is 4.39 Å². The highest BCUT2D eigenvalue weighted by Crippen LogP contribution is 2.43. The van der Waals surface area contributed by atoms with Crippen molar-refractivity contribution in [2.75, 3.05) is 19.1 Å². The lowest BCUT2D eigenvalue weighted by Crippen LogP contribution is -2.61. The molecule has 0 bridgehead atoms. The van der Waals surface area contributed by atoms with Crippen LogP contribution in [0.15, 0.2) is 60.7 Å². The van der Waals surface area contributed by atoms with Crippen LogP contribution < -0.4 is 19.1 Å². The van der Waals surface area contributed by atoms with Crippen molar-refractivity contribution in [2.45, 2.75) is 19.1 Å². The van der Waals surface area contributed by atoms with Crippen LogP contribution in [0.2, 0.25) is 5.02 Å². The smallest absolute Gasteiger partial charge is 0.271 e. The summed E-state index contributed by atoms with van der Waals surface area (Å²) < 4.78 is 30.3. The molecule has 0 aromatic heterocycles. The molecule has 0 spiro atoms. The van der Waals surface area contributed by atoms with Crippen molar-refractivity contribution in [1.82, 2.24) is 0 Å². The zero-order chi connectivity index (χ0) is 22.1. The number of β-lactam (4-membered cyclic amide) rings is 1. The first-order valence-corrected chi connectivity index (χ1v) is 10.0. The third kappa shape index (κ3) is 3.91. The van der Waals surface area contributed by atoms with Crippen LogP contribution in [-0.4, -0.2) is 26.2 Å². The van der Waals surface area contributed by atoms with E-state index in [1.807, 2.05) is 19.1 Å². The van der Waals surface area contributed by atoms with E-state index < -0.39 is 12.1 Å². The number of ether oxygens (including phenoxy) is 3. The van der Waals surface area contributed by atoms with Crippen LogP contribution in [-0.2, 0) is 4.79 Å². The fraction of sp³-hybridized carbons (Fsp3) is 0.208. The molecule has 1 fully saturated rings. The van der Waals surface area contributed by atoms with E-state index in [2.05, 4.69) is 0 Å². The Morgan fingerprint density at radius 1 is 0.903 bits per heavy atom. The molecule has 2 atom stereocenters. The van der Waals surface area contributed by atoms with Crippen LogP contribution in [0.1, 0.15) is 17.2 Å². The Labute approximate surface area is 184 Å². The Kier molecular flexibility index (Phi) is 5.74. The molecule has 2 unspecified atom stereocenters. The molecular weight excluding hydrogens is 421 g/mol. The van der Waals surface area contributed by atoms with E-state index >= 15 is 0 Å². The summed E-state index contributed by atoms with van der Waals surface area (Å²) in [5, 5.41) is 0.592. The van der Waals surface area contributed by atoms with Gasteiger partial charge in [-0.3, -0.25) is 9.69 Å². The summed E-state index contributed by atoms with van der Waals surface area (Å²) in [5.41, 5.74) is 2.21. The molecule has 3 aromatic rings. The minimum atomic E-state index is -0.761. The van der Waals surface area contributed by atoms with E-state index in [-0.39, 0.29) is 11.7 Å². The number of benzene rings is 3. The van der Waals surface area contributed by atoms with Crippen molar-refractivity contribution in [1.29, 1.82) is 0 Å².